The van der Waals surface area contributed by atoms with Crippen LogP contribution < -0.4 is 0 Å². The van der Waals surface area contributed by atoms with Crippen LogP contribution in [-0.2, 0) is 0 Å². The van der Waals surface area contributed by atoms with Crippen molar-refractivity contribution in [1.82, 2.24) is 0 Å². The average molecular weight is 153 g/mol. The highest BCUT2D eigenvalue weighted by molar-refractivity contribution is 5.59. The van der Waals surface area contributed by atoms with E-state index in [0.717, 1.165) is 12.8 Å². The Morgan fingerprint density at radius 3 is 2.27 bits per heavy atom. The summed E-state index contributed by atoms with van der Waals surface area (Å²) in [5.74, 6) is 0. The van der Waals surface area contributed by atoms with E-state index in [1.165, 1.54) is 0 Å². The van der Waals surface area contributed by atoms with E-state index in [1.807, 2.05) is 6.21 Å². The standard InChI is InChI=1S/C10H19N/c1-5-6-7-8-9-11-10(2,3)4/h6-7,9H,5,8H2,1-4H3/b7-6+,11-9?. The predicted molar refractivity (Wildman–Crippen MR) is 52.3 cm³/mol. The zero-order valence-electron chi connectivity index (χ0n) is 8.09. The summed E-state index contributed by atoms with van der Waals surface area (Å²) in [5, 5.41) is 0. The fourth-order valence-electron chi connectivity index (χ4n) is 0.650. The molecule has 0 aliphatic rings. The van der Waals surface area contributed by atoms with E-state index in [-0.39, 0.29) is 5.54 Å². The van der Waals surface area contributed by atoms with E-state index in [2.05, 4.69) is 44.8 Å². The fourth-order valence-corrected chi connectivity index (χ4v) is 0.650. The van der Waals surface area contributed by atoms with Crippen LogP contribution in [0.25, 0.3) is 0 Å². The molecule has 0 aromatic rings. The van der Waals surface area contributed by atoms with Gasteiger partial charge in [0.2, 0.25) is 0 Å². The maximum Gasteiger partial charge on any atom is 0.0520 e. The van der Waals surface area contributed by atoms with E-state index in [1.54, 1.807) is 0 Å². The average Bonchev–Trinajstić information content (AvgIpc) is 1.85. The van der Waals surface area contributed by atoms with Crippen molar-refractivity contribution in [2.75, 3.05) is 0 Å². The molecule has 0 amide bonds. The molecule has 0 bridgehead atoms. The van der Waals surface area contributed by atoms with Gasteiger partial charge in [-0.1, -0.05) is 19.1 Å². The number of rotatable bonds is 3. The van der Waals surface area contributed by atoms with Crippen molar-refractivity contribution in [1.29, 1.82) is 0 Å². The molecule has 0 aliphatic heterocycles. The van der Waals surface area contributed by atoms with Crippen molar-refractivity contribution < 1.29 is 0 Å². The molecule has 0 rings (SSSR count). The van der Waals surface area contributed by atoms with Crippen LogP contribution in [0, 0.1) is 0 Å². The fraction of sp³-hybridized carbons (Fsp3) is 0.700. The van der Waals surface area contributed by atoms with Gasteiger partial charge in [0, 0.05) is 12.6 Å². The molecule has 1 heteroatoms. The third-order valence-corrected chi connectivity index (χ3v) is 1.12. The monoisotopic (exact) mass is 153 g/mol. The molecule has 0 saturated carbocycles. The highest BCUT2D eigenvalue weighted by Crippen LogP contribution is 2.04. The largest absolute Gasteiger partial charge is 0.291 e. The second kappa shape index (κ2) is 5.11. The molecule has 0 saturated heterocycles. The summed E-state index contributed by atoms with van der Waals surface area (Å²) in [7, 11) is 0. The molecule has 1 nitrogen and oxygen atoms in total. The third-order valence-electron chi connectivity index (χ3n) is 1.12. The molecular weight excluding hydrogens is 134 g/mol. The second-order valence-corrected chi connectivity index (χ2v) is 3.60. The molecule has 0 spiro atoms. The molecule has 0 radical (unpaired) electrons. The SMILES string of the molecule is CC/C=C/CC=NC(C)(C)C. The van der Waals surface area contributed by atoms with Crippen molar-refractivity contribution in [3.63, 3.8) is 0 Å². The summed E-state index contributed by atoms with van der Waals surface area (Å²) in [5.41, 5.74) is 0.0834. The van der Waals surface area contributed by atoms with Gasteiger partial charge >= 0.3 is 0 Å². The van der Waals surface area contributed by atoms with Crippen molar-refractivity contribution in [2.24, 2.45) is 4.99 Å². The normalized spacial score (nSPS) is 13.5. The Labute approximate surface area is 70.2 Å². The molecule has 0 atom stereocenters. The molecule has 0 unspecified atom stereocenters. The number of hydrogen-bond donors (Lipinski definition) is 0. The van der Waals surface area contributed by atoms with Crippen molar-refractivity contribution in [3.05, 3.63) is 12.2 Å². The maximum absolute atomic E-state index is 4.35. The van der Waals surface area contributed by atoms with Gasteiger partial charge in [0.05, 0.1) is 5.54 Å². The van der Waals surface area contributed by atoms with Crippen LogP contribution in [0.1, 0.15) is 40.5 Å². The van der Waals surface area contributed by atoms with Crippen LogP contribution in [0.15, 0.2) is 17.1 Å². The topological polar surface area (TPSA) is 12.4 Å². The Balaban J connectivity index is 3.53. The highest BCUT2D eigenvalue weighted by atomic mass is 14.8. The first-order valence-electron chi connectivity index (χ1n) is 4.25. The lowest BCUT2D eigenvalue weighted by Crippen LogP contribution is -2.09. The molecule has 11 heavy (non-hydrogen) atoms. The van der Waals surface area contributed by atoms with Crippen LogP contribution >= 0.6 is 0 Å². The van der Waals surface area contributed by atoms with E-state index in [0.29, 0.717) is 0 Å². The lowest BCUT2D eigenvalue weighted by Gasteiger charge is -2.09. The summed E-state index contributed by atoms with van der Waals surface area (Å²) in [4.78, 5) is 4.35. The highest BCUT2D eigenvalue weighted by Gasteiger charge is 2.03. The van der Waals surface area contributed by atoms with Gasteiger partial charge in [0.25, 0.3) is 0 Å². The summed E-state index contributed by atoms with van der Waals surface area (Å²) in [6.07, 6.45) is 8.37. The first kappa shape index (κ1) is 10.4. The Kier molecular flexibility index (Phi) is 4.84. The molecular formula is C10H19N. The third kappa shape index (κ3) is 9.41. The van der Waals surface area contributed by atoms with Gasteiger partial charge in [-0.05, 0) is 27.2 Å². The van der Waals surface area contributed by atoms with Crippen LogP contribution in [0.3, 0.4) is 0 Å². The second-order valence-electron chi connectivity index (χ2n) is 3.60. The summed E-state index contributed by atoms with van der Waals surface area (Å²) in [6.45, 7) is 8.45. The van der Waals surface area contributed by atoms with E-state index >= 15 is 0 Å². The zero-order valence-corrected chi connectivity index (χ0v) is 8.09. The first-order valence-corrected chi connectivity index (χ1v) is 4.25. The van der Waals surface area contributed by atoms with Gasteiger partial charge in [-0.15, -0.1) is 0 Å². The summed E-state index contributed by atoms with van der Waals surface area (Å²) < 4.78 is 0. The molecule has 64 valence electrons. The van der Waals surface area contributed by atoms with Crippen LogP contribution in [-0.4, -0.2) is 11.8 Å². The number of hydrogen-bond acceptors (Lipinski definition) is 1. The zero-order chi connectivity index (χ0) is 8.74. The van der Waals surface area contributed by atoms with Crippen LogP contribution in [0.2, 0.25) is 0 Å². The van der Waals surface area contributed by atoms with Crippen LogP contribution in [0.4, 0.5) is 0 Å². The van der Waals surface area contributed by atoms with Gasteiger partial charge in [0.15, 0.2) is 0 Å². The van der Waals surface area contributed by atoms with Gasteiger partial charge in [-0.2, -0.15) is 0 Å². The van der Waals surface area contributed by atoms with E-state index in [4.69, 9.17) is 0 Å². The Morgan fingerprint density at radius 2 is 1.82 bits per heavy atom. The predicted octanol–water partition coefficient (Wildman–Crippen LogP) is 3.21. The number of nitrogens with zero attached hydrogens (tertiary/aromatic N) is 1. The minimum atomic E-state index is 0.0834. The maximum atomic E-state index is 4.35. The van der Waals surface area contributed by atoms with Crippen molar-refractivity contribution in [3.8, 4) is 0 Å². The molecule has 0 aromatic carbocycles. The van der Waals surface area contributed by atoms with Gasteiger partial charge in [0.1, 0.15) is 0 Å². The summed E-state index contributed by atoms with van der Waals surface area (Å²) in [6, 6.07) is 0. The number of allylic oxidation sites excluding steroid dienone is 2. The molecule has 0 heterocycles. The molecule has 0 aliphatic carbocycles. The Morgan fingerprint density at radius 1 is 1.18 bits per heavy atom. The molecule has 0 fully saturated rings. The quantitative estimate of drug-likeness (QED) is 0.436. The number of aliphatic imine (C=N–C) groups is 1. The minimum absolute atomic E-state index is 0.0834. The van der Waals surface area contributed by atoms with E-state index in [9.17, 15) is 0 Å². The molecule has 0 N–H and O–H groups in total. The van der Waals surface area contributed by atoms with Gasteiger partial charge in [-0.25, -0.2) is 0 Å². The van der Waals surface area contributed by atoms with Gasteiger partial charge in [-0.3, -0.25) is 4.99 Å². The van der Waals surface area contributed by atoms with Crippen LogP contribution in [0.5, 0.6) is 0 Å². The lowest BCUT2D eigenvalue weighted by molar-refractivity contribution is 0.585. The summed E-state index contributed by atoms with van der Waals surface area (Å²) >= 11 is 0. The Hall–Kier alpha value is -0.590. The Bertz CT molecular complexity index is 137. The van der Waals surface area contributed by atoms with Crippen molar-refractivity contribution in [2.45, 2.75) is 46.1 Å². The minimum Gasteiger partial charge on any atom is -0.291 e. The first-order chi connectivity index (χ1) is 5.06. The smallest absolute Gasteiger partial charge is 0.0520 e. The van der Waals surface area contributed by atoms with Crippen molar-refractivity contribution >= 4 is 6.21 Å². The van der Waals surface area contributed by atoms with E-state index < -0.39 is 0 Å². The lowest BCUT2D eigenvalue weighted by atomic mass is 10.1. The molecule has 0 aromatic heterocycles. The van der Waals surface area contributed by atoms with Gasteiger partial charge < -0.3 is 0 Å².